The van der Waals surface area contributed by atoms with Crippen LogP contribution in [0.5, 0.6) is 0 Å². The molecule has 0 aromatic carbocycles. The van der Waals surface area contributed by atoms with Crippen LogP contribution in [0, 0.1) is 0 Å². The smallest absolute Gasteiger partial charge is 0.306 e. The molecule has 0 fully saturated rings. The predicted octanol–water partition coefficient (Wildman–Crippen LogP) is 11.1. The van der Waals surface area contributed by atoms with Gasteiger partial charge in [0.05, 0.1) is 0 Å². The molecule has 0 spiro atoms. The maximum absolute atomic E-state index is 12.2. The monoisotopic (exact) mass is 508 g/mol. The third-order valence-corrected chi connectivity index (χ3v) is 7.52. The lowest BCUT2D eigenvalue weighted by Crippen LogP contribution is -2.18. The maximum Gasteiger partial charge on any atom is 0.306 e. The normalized spacial score (nSPS) is 12.1. The maximum atomic E-state index is 12.2. The Kier molecular flexibility index (Phi) is 29.6. The zero-order chi connectivity index (χ0) is 26.4. The van der Waals surface area contributed by atoms with E-state index in [9.17, 15) is 9.59 Å². The minimum Gasteiger partial charge on any atom is -0.462 e. The first kappa shape index (κ1) is 35.1. The number of aldehydes is 1. The van der Waals surface area contributed by atoms with E-state index in [0.29, 0.717) is 12.8 Å². The molecule has 0 aromatic rings. The average Bonchev–Trinajstić information content (AvgIpc) is 2.87. The SMILES string of the molecule is CCCCCCCCCCCCCCCCCCCC(=O)OC(CC=O)CCCCCCCCCC. The van der Waals surface area contributed by atoms with Crippen LogP contribution in [-0.4, -0.2) is 18.4 Å². The number of unbranched alkanes of at least 4 members (excludes halogenated alkanes) is 23. The molecule has 0 aromatic heterocycles. The van der Waals surface area contributed by atoms with Crippen LogP contribution < -0.4 is 0 Å². The Balaban J connectivity index is 3.46. The van der Waals surface area contributed by atoms with Gasteiger partial charge in [-0.25, -0.2) is 0 Å². The molecule has 0 saturated carbocycles. The van der Waals surface area contributed by atoms with Crippen LogP contribution in [0.25, 0.3) is 0 Å². The molecule has 0 amide bonds. The molecule has 0 bridgehead atoms. The van der Waals surface area contributed by atoms with E-state index in [0.717, 1.165) is 32.0 Å². The topological polar surface area (TPSA) is 43.4 Å². The van der Waals surface area contributed by atoms with Crippen LogP contribution in [-0.2, 0) is 14.3 Å². The predicted molar refractivity (Wildman–Crippen MR) is 157 cm³/mol. The van der Waals surface area contributed by atoms with E-state index in [-0.39, 0.29) is 12.1 Å². The average molecular weight is 509 g/mol. The van der Waals surface area contributed by atoms with Crippen molar-refractivity contribution in [3.63, 3.8) is 0 Å². The number of hydrogen-bond acceptors (Lipinski definition) is 3. The first-order valence-corrected chi connectivity index (χ1v) is 16.4. The number of ether oxygens (including phenoxy) is 1. The summed E-state index contributed by atoms with van der Waals surface area (Å²) in [6.45, 7) is 4.53. The molecule has 0 saturated heterocycles. The fourth-order valence-corrected chi connectivity index (χ4v) is 5.08. The van der Waals surface area contributed by atoms with Gasteiger partial charge in [-0.05, 0) is 19.3 Å². The van der Waals surface area contributed by atoms with E-state index in [1.165, 1.54) is 141 Å². The molecular formula is C33H64O3. The highest BCUT2D eigenvalue weighted by Gasteiger charge is 2.13. The van der Waals surface area contributed by atoms with Gasteiger partial charge in [0.1, 0.15) is 12.4 Å². The van der Waals surface area contributed by atoms with Gasteiger partial charge >= 0.3 is 5.97 Å². The Morgan fingerprint density at radius 2 is 0.861 bits per heavy atom. The first-order valence-electron chi connectivity index (χ1n) is 16.4. The van der Waals surface area contributed by atoms with Crippen LogP contribution in [0.4, 0.5) is 0 Å². The molecule has 0 radical (unpaired) electrons. The number of carbonyl (C=O) groups excluding carboxylic acids is 2. The van der Waals surface area contributed by atoms with Crippen molar-refractivity contribution in [3.05, 3.63) is 0 Å². The van der Waals surface area contributed by atoms with Crippen LogP contribution in [0.2, 0.25) is 0 Å². The second kappa shape index (κ2) is 30.4. The number of carbonyl (C=O) groups is 2. The van der Waals surface area contributed by atoms with Crippen LogP contribution in [0.15, 0.2) is 0 Å². The molecule has 0 heterocycles. The van der Waals surface area contributed by atoms with E-state index in [1.54, 1.807) is 0 Å². The molecule has 0 N–H and O–H groups in total. The Morgan fingerprint density at radius 1 is 0.528 bits per heavy atom. The van der Waals surface area contributed by atoms with Crippen molar-refractivity contribution in [2.24, 2.45) is 0 Å². The van der Waals surface area contributed by atoms with Gasteiger partial charge in [-0.3, -0.25) is 4.79 Å². The van der Waals surface area contributed by atoms with Crippen LogP contribution in [0.3, 0.4) is 0 Å². The van der Waals surface area contributed by atoms with Crippen molar-refractivity contribution in [3.8, 4) is 0 Å². The summed E-state index contributed by atoms with van der Waals surface area (Å²) in [5.41, 5.74) is 0. The molecule has 3 heteroatoms. The first-order chi connectivity index (χ1) is 17.7. The summed E-state index contributed by atoms with van der Waals surface area (Å²) in [5, 5.41) is 0. The van der Waals surface area contributed by atoms with Crippen molar-refractivity contribution < 1.29 is 14.3 Å². The number of rotatable bonds is 30. The molecule has 0 aliphatic heterocycles. The van der Waals surface area contributed by atoms with Gasteiger partial charge in [-0.15, -0.1) is 0 Å². The molecular weight excluding hydrogens is 444 g/mol. The van der Waals surface area contributed by atoms with E-state index in [1.807, 2.05) is 0 Å². The minimum absolute atomic E-state index is 0.109. The summed E-state index contributed by atoms with van der Waals surface area (Å²) < 4.78 is 5.61. The zero-order valence-corrected chi connectivity index (χ0v) is 24.7. The Labute approximate surface area is 226 Å². The molecule has 0 rings (SSSR count). The van der Waals surface area contributed by atoms with E-state index in [4.69, 9.17) is 4.74 Å². The lowest BCUT2D eigenvalue weighted by molar-refractivity contribution is -0.150. The van der Waals surface area contributed by atoms with Crippen molar-refractivity contribution >= 4 is 12.3 Å². The third-order valence-electron chi connectivity index (χ3n) is 7.52. The van der Waals surface area contributed by atoms with Crippen molar-refractivity contribution in [2.75, 3.05) is 0 Å². The second-order valence-electron chi connectivity index (χ2n) is 11.2. The summed E-state index contributed by atoms with van der Waals surface area (Å²) in [6.07, 6.45) is 35.3. The minimum atomic E-state index is -0.208. The van der Waals surface area contributed by atoms with Gasteiger partial charge in [-0.1, -0.05) is 162 Å². The summed E-state index contributed by atoms with van der Waals surface area (Å²) in [4.78, 5) is 23.2. The summed E-state index contributed by atoms with van der Waals surface area (Å²) in [5.74, 6) is -0.109. The summed E-state index contributed by atoms with van der Waals surface area (Å²) in [6, 6.07) is 0. The lowest BCUT2D eigenvalue weighted by atomic mass is 10.0. The van der Waals surface area contributed by atoms with E-state index in [2.05, 4.69) is 13.8 Å². The number of esters is 1. The fraction of sp³-hybridized carbons (Fsp3) is 0.939. The molecule has 214 valence electrons. The van der Waals surface area contributed by atoms with Crippen LogP contribution >= 0.6 is 0 Å². The molecule has 3 nitrogen and oxygen atoms in total. The van der Waals surface area contributed by atoms with Gasteiger partial charge in [0.2, 0.25) is 0 Å². The summed E-state index contributed by atoms with van der Waals surface area (Å²) >= 11 is 0. The molecule has 1 unspecified atom stereocenters. The quantitative estimate of drug-likeness (QED) is 0.0550. The van der Waals surface area contributed by atoms with Gasteiger partial charge in [-0.2, -0.15) is 0 Å². The Hall–Kier alpha value is -0.860. The molecule has 0 aliphatic carbocycles. The fourth-order valence-electron chi connectivity index (χ4n) is 5.08. The van der Waals surface area contributed by atoms with Crippen LogP contribution in [0.1, 0.15) is 194 Å². The largest absolute Gasteiger partial charge is 0.462 e. The molecule has 1 atom stereocenters. The van der Waals surface area contributed by atoms with Crippen molar-refractivity contribution in [1.82, 2.24) is 0 Å². The van der Waals surface area contributed by atoms with E-state index < -0.39 is 0 Å². The second-order valence-corrected chi connectivity index (χ2v) is 11.2. The highest BCUT2D eigenvalue weighted by Crippen LogP contribution is 2.16. The van der Waals surface area contributed by atoms with Gasteiger partial charge in [0, 0.05) is 12.8 Å². The van der Waals surface area contributed by atoms with Gasteiger partial charge < -0.3 is 9.53 Å². The van der Waals surface area contributed by atoms with Gasteiger partial charge in [0.25, 0.3) is 0 Å². The highest BCUT2D eigenvalue weighted by atomic mass is 16.5. The van der Waals surface area contributed by atoms with Gasteiger partial charge in [0.15, 0.2) is 0 Å². The van der Waals surface area contributed by atoms with Crippen molar-refractivity contribution in [2.45, 2.75) is 200 Å². The number of hydrogen-bond donors (Lipinski definition) is 0. The summed E-state index contributed by atoms with van der Waals surface area (Å²) in [7, 11) is 0. The third kappa shape index (κ3) is 27.7. The standard InChI is InChI=1S/C33H64O3/c1-3-5-7-9-11-13-14-15-16-17-18-19-20-21-23-25-27-29-33(35)36-32(30-31-34)28-26-24-22-12-10-8-6-4-2/h31-32H,3-30H2,1-2H3. The van der Waals surface area contributed by atoms with E-state index >= 15 is 0 Å². The molecule has 36 heavy (non-hydrogen) atoms. The Morgan fingerprint density at radius 3 is 1.22 bits per heavy atom. The Bertz CT molecular complexity index is 448. The zero-order valence-electron chi connectivity index (χ0n) is 24.7. The highest BCUT2D eigenvalue weighted by molar-refractivity contribution is 5.69. The van der Waals surface area contributed by atoms with Crippen molar-refractivity contribution in [1.29, 1.82) is 0 Å². The lowest BCUT2D eigenvalue weighted by Gasteiger charge is -2.15. The molecule has 0 aliphatic rings.